The van der Waals surface area contributed by atoms with Crippen LogP contribution in [0.1, 0.15) is 77.8 Å². The molecule has 0 radical (unpaired) electrons. The first-order valence-electron chi connectivity index (χ1n) is 13.1. The quantitative estimate of drug-likeness (QED) is 0.370. The van der Waals surface area contributed by atoms with Gasteiger partial charge in [0.1, 0.15) is 18.5 Å². The molecule has 37 heavy (non-hydrogen) atoms. The molecule has 0 saturated heterocycles. The van der Waals surface area contributed by atoms with E-state index in [1.165, 1.54) is 13.5 Å². The van der Waals surface area contributed by atoms with Crippen LogP contribution in [0.3, 0.4) is 0 Å². The summed E-state index contributed by atoms with van der Waals surface area (Å²) in [5.41, 5.74) is 3.75. The number of hydrogen-bond donors (Lipinski definition) is 1. The summed E-state index contributed by atoms with van der Waals surface area (Å²) in [4.78, 5) is 28.0. The maximum absolute atomic E-state index is 13.5. The van der Waals surface area contributed by atoms with Gasteiger partial charge in [-0.25, -0.2) is 0 Å². The number of fused-ring (bicyclic) bond motifs is 1. The summed E-state index contributed by atoms with van der Waals surface area (Å²) in [6.45, 7) is 0.487. The monoisotopic (exact) mass is 498 g/mol. The molecule has 3 aromatic rings. The molecule has 0 bridgehead atoms. The lowest BCUT2D eigenvalue weighted by Gasteiger charge is -2.38. The highest BCUT2D eigenvalue weighted by atomic mass is 16.5. The average Bonchev–Trinajstić information content (AvgIpc) is 3.24. The molecule has 1 heterocycles. The number of rotatable bonds is 9. The average molecular weight is 499 g/mol. The zero-order valence-corrected chi connectivity index (χ0v) is 21.3. The summed E-state index contributed by atoms with van der Waals surface area (Å²) in [5, 5.41) is 3.67. The highest BCUT2D eigenvalue weighted by Crippen LogP contribution is 2.39. The van der Waals surface area contributed by atoms with E-state index in [2.05, 4.69) is 5.32 Å². The number of esters is 1. The van der Waals surface area contributed by atoms with E-state index in [1.54, 1.807) is 0 Å². The van der Waals surface area contributed by atoms with Crippen molar-refractivity contribution in [2.75, 3.05) is 7.11 Å². The van der Waals surface area contributed by atoms with Gasteiger partial charge in [0, 0.05) is 23.2 Å². The fraction of sp³-hybridized carbons (Fsp3) is 0.355. The van der Waals surface area contributed by atoms with Crippen LogP contribution >= 0.6 is 0 Å². The summed E-state index contributed by atoms with van der Waals surface area (Å²) in [7, 11) is 1.41. The summed E-state index contributed by atoms with van der Waals surface area (Å²) >= 11 is 0. The first-order chi connectivity index (χ1) is 18.1. The Morgan fingerprint density at radius 3 is 2.38 bits per heavy atom. The third kappa shape index (κ3) is 5.70. The van der Waals surface area contributed by atoms with Crippen LogP contribution in [0.25, 0.3) is 0 Å². The molecule has 1 aliphatic heterocycles. The van der Waals surface area contributed by atoms with Crippen molar-refractivity contribution < 1.29 is 19.1 Å². The Kier molecular flexibility index (Phi) is 7.85. The molecule has 1 fully saturated rings. The maximum atomic E-state index is 13.5. The highest BCUT2D eigenvalue weighted by molar-refractivity contribution is 5.99. The Morgan fingerprint density at radius 2 is 1.65 bits per heavy atom. The van der Waals surface area contributed by atoms with Crippen LogP contribution < -0.4 is 10.1 Å². The number of benzene rings is 3. The summed E-state index contributed by atoms with van der Waals surface area (Å²) in [6, 6.07) is 25.5. The Hall–Kier alpha value is -3.64. The smallest absolute Gasteiger partial charge is 0.307 e. The minimum atomic E-state index is -0.328. The zero-order chi connectivity index (χ0) is 25.6. The molecular weight excluding hydrogens is 464 g/mol. The molecule has 5 rings (SSSR count). The van der Waals surface area contributed by atoms with Gasteiger partial charge < -0.3 is 14.4 Å². The van der Waals surface area contributed by atoms with Crippen LogP contribution in [0.4, 0.5) is 0 Å². The molecular formula is C31H34N2O4. The Balaban J connectivity index is 1.38. The predicted octanol–water partition coefficient (Wildman–Crippen LogP) is 5.95. The van der Waals surface area contributed by atoms with Crippen molar-refractivity contribution in [3.8, 4) is 5.75 Å². The molecule has 1 amide bonds. The van der Waals surface area contributed by atoms with Crippen LogP contribution in [0, 0.1) is 0 Å². The van der Waals surface area contributed by atoms with Crippen molar-refractivity contribution in [1.82, 2.24) is 10.2 Å². The van der Waals surface area contributed by atoms with Crippen molar-refractivity contribution in [3.63, 3.8) is 0 Å². The largest absolute Gasteiger partial charge is 0.489 e. The molecule has 192 valence electrons. The topological polar surface area (TPSA) is 67.9 Å². The number of carbonyl (C=O) groups is 2. The lowest BCUT2D eigenvalue weighted by atomic mass is 9.94. The van der Waals surface area contributed by atoms with E-state index < -0.39 is 0 Å². The van der Waals surface area contributed by atoms with Gasteiger partial charge >= 0.3 is 5.97 Å². The van der Waals surface area contributed by atoms with Crippen molar-refractivity contribution >= 4 is 11.9 Å². The number of methoxy groups -OCH3 is 1. The van der Waals surface area contributed by atoms with Gasteiger partial charge in [-0.15, -0.1) is 0 Å². The van der Waals surface area contributed by atoms with Gasteiger partial charge in [-0.05, 0) is 42.2 Å². The van der Waals surface area contributed by atoms with Crippen molar-refractivity contribution in [1.29, 1.82) is 0 Å². The number of hydrogen-bond acceptors (Lipinski definition) is 5. The molecule has 0 unspecified atom stereocenters. The van der Waals surface area contributed by atoms with E-state index in [0.717, 1.165) is 53.7 Å². The molecule has 1 aliphatic carbocycles. The number of nitrogens with zero attached hydrogens (tertiary/aromatic N) is 1. The lowest BCUT2D eigenvalue weighted by molar-refractivity contribution is -0.141. The standard InChI is InChI=1S/C31H34N2O4/c1-36-29(34)20-28(23-16-18-25(19-17-23)37-21-22-10-4-2-5-11-22)32-30-26-14-8-9-15-27(26)31(35)33(30)24-12-6-3-7-13-24/h2,4-5,8-11,14-19,24,28,30,32H,3,6-7,12-13,20-21H2,1H3/t28-,30+/m0/s1. The predicted molar refractivity (Wildman–Crippen MR) is 142 cm³/mol. The van der Waals surface area contributed by atoms with Crippen LogP contribution in [-0.2, 0) is 16.1 Å². The fourth-order valence-corrected chi connectivity index (χ4v) is 5.49. The molecule has 3 aromatic carbocycles. The van der Waals surface area contributed by atoms with Gasteiger partial charge in [0.15, 0.2) is 0 Å². The second-order valence-corrected chi connectivity index (χ2v) is 9.84. The van der Waals surface area contributed by atoms with Gasteiger partial charge in [0.05, 0.1) is 13.5 Å². The minimum absolute atomic E-state index is 0.0708. The lowest BCUT2D eigenvalue weighted by Crippen LogP contribution is -2.45. The summed E-state index contributed by atoms with van der Waals surface area (Å²) in [6.07, 6.45) is 5.36. The van der Waals surface area contributed by atoms with Gasteiger partial charge in [0.2, 0.25) is 0 Å². The molecule has 0 spiro atoms. The first-order valence-corrected chi connectivity index (χ1v) is 13.1. The van der Waals surface area contributed by atoms with Crippen molar-refractivity contribution in [3.05, 3.63) is 101 Å². The minimum Gasteiger partial charge on any atom is -0.489 e. The SMILES string of the molecule is COC(=O)C[C@H](N[C@H]1c2ccccc2C(=O)N1C1CCCCC1)c1ccc(OCc2ccccc2)cc1. The second-order valence-electron chi connectivity index (χ2n) is 9.84. The fourth-order valence-electron chi connectivity index (χ4n) is 5.49. The summed E-state index contributed by atoms with van der Waals surface area (Å²) < 4.78 is 11.0. The van der Waals surface area contributed by atoms with Crippen molar-refractivity contribution in [2.24, 2.45) is 0 Å². The molecule has 6 nitrogen and oxygen atoms in total. The molecule has 1 N–H and O–H groups in total. The molecule has 6 heteroatoms. The van der Waals surface area contributed by atoms with E-state index in [0.29, 0.717) is 6.61 Å². The number of ether oxygens (including phenoxy) is 2. The van der Waals surface area contributed by atoms with E-state index in [-0.39, 0.29) is 36.5 Å². The first kappa shape index (κ1) is 25.0. The van der Waals surface area contributed by atoms with E-state index >= 15 is 0 Å². The second kappa shape index (κ2) is 11.6. The third-order valence-electron chi connectivity index (χ3n) is 7.45. The van der Waals surface area contributed by atoms with Gasteiger partial charge in [-0.2, -0.15) is 0 Å². The number of amides is 1. The van der Waals surface area contributed by atoms with Crippen LogP contribution in [0.15, 0.2) is 78.9 Å². The molecule has 2 atom stereocenters. The Morgan fingerprint density at radius 1 is 0.946 bits per heavy atom. The van der Waals surface area contributed by atoms with Crippen LogP contribution in [0.2, 0.25) is 0 Å². The molecule has 2 aliphatic rings. The van der Waals surface area contributed by atoms with E-state index in [1.807, 2.05) is 83.8 Å². The maximum Gasteiger partial charge on any atom is 0.307 e. The zero-order valence-electron chi connectivity index (χ0n) is 21.3. The van der Waals surface area contributed by atoms with E-state index in [9.17, 15) is 9.59 Å². The van der Waals surface area contributed by atoms with E-state index in [4.69, 9.17) is 9.47 Å². The van der Waals surface area contributed by atoms with Gasteiger partial charge in [-0.1, -0.05) is 79.9 Å². The highest BCUT2D eigenvalue weighted by Gasteiger charge is 2.41. The summed E-state index contributed by atoms with van der Waals surface area (Å²) in [5.74, 6) is 0.528. The van der Waals surface area contributed by atoms with Crippen LogP contribution in [-0.4, -0.2) is 29.9 Å². The normalized spacial score (nSPS) is 18.4. The number of carbonyl (C=O) groups excluding carboxylic acids is 2. The van der Waals surface area contributed by atoms with Gasteiger partial charge in [-0.3, -0.25) is 14.9 Å². The number of nitrogens with one attached hydrogen (secondary N) is 1. The third-order valence-corrected chi connectivity index (χ3v) is 7.45. The van der Waals surface area contributed by atoms with Gasteiger partial charge in [0.25, 0.3) is 5.91 Å². The molecule has 0 aromatic heterocycles. The van der Waals surface area contributed by atoms with Crippen molar-refractivity contribution in [2.45, 2.75) is 63.4 Å². The Labute approximate surface area is 218 Å². The van der Waals surface area contributed by atoms with Crippen LogP contribution in [0.5, 0.6) is 5.75 Å². The Bertz CT molecular complexity index is 1210. The molecule has 1 saturated carbocycles.